The molecular formula is C13H19Cl2NO. The average molecular weight is 276 g/mol. The maximum Gasteiger partial charge on any atom is 0.121 e. The van der Waals surface area contributed by atoms with Crippen molar-refractivity contribution in [1.82, 2.24) is 4.90 Å². The van der Waals surface area contributed by atoms with Gasteiger partial charge in [-0.05, 0) is 33.2 Å². The summed E-state index contributed by atoms with van der Waals surface area (Å²) in [7, 11) is 4.12. The monoisotopic (exact) mass is 275 g/mol. The van der Waals surface area contributed by atoms with Crippen LogP contribution in [0.2, 0.25) is 10.0 Å². The molecule has 4 heteroatoms. The third-order valence-electron chi connectivity index (χ3n) is 2.67. The highest BCUT2D eigenvalue weighted by molar-refractivity contribution is 6.42. The molecule has 0 aliphatic rings. The largest absolute Gasteiger partial charge is 0.490 e. The van der Waals surface area contributed by atoms with Gasteiger partial charge in [-0.25, -0.2) is 0 Å². The molecular weight excluding hydrogens is 257 g/mol. The SMILES string of the molecule is C[C@H](CN(C)C)[C@H](C)Oc1ccc(Cl)c(Cl)c1. The van der Waals surface area contributed by atoms with Crippen LogP contribution < -0.4 is 4.74 Å². The summed E-state index contributed by atoms with van der Waals surface area (Å²) in [6.45, 7) is 5.22. The molecule has 2 atom stereocenters. The number of rotatable bonds is 5. The first-order chi connectivity index (χ1) is 7.90. The molecule has 1 aromatic rings. The standard InChI is InChI=1S/C13H19Cl2NO/c1-9(8-16(3)4)10(2)17-11-5-6-12(14)13(15)7-11/h5-7,9-10H,8H2,1-4H3/t9-,10+/m1/s1. The van der Waals surface area contributed by atoms with Crippen molar-refractivity contribution < 1.29 is 4.74 Å². The zero-order valence-electron chi connectivity index (χ0n) is 10.7. The Morgan fingerprint density at radius 2 is 1.82 bits per heavy atom. The maximum atomic E-state index is 5.94. The third kappa shape index (κ3) is 4.74. The summed E-state index contributed by atoms with van der Waals surface area (Å²) in [4.78, 5) is 2.15. The molecule has 0 aliphatic carbocycles. The zero-order valence-corrected chi connectivity index (χ0v) is 12.2. The van der Waals surface area contributed by atoms with Crippen LogP contribution in [-0.2, 0) is 0 Å². The van der Waals surface area contributed by atoms with Crippen LogP contribution in [-0.4, -0.2) is 31.6 Å². The number of nitrogens with zero attached hydrogens (tertiary/aromatic N) is 1. The molecule has 0 radical (unpaired) electrons. The van der Waals surface area contributed by atoms with Crippen molar-refractivity contribution in [3.8, 4) is 5.75 Å². The molecule has 0 saturated heterocycles. The quantitative estimate of drug-likeness (QED) is 0.807. The van der Waals surface area contributed by atoms with E-state index in [-0.39, 0.29) is 6.10 Å². The van der Waals surface area contributed by atoms with E-state index in [1.54, 1.807) is 12.1 Å². The molecule has 0 N–H and O–H groups in total. The van der Waals surface area contributed by atoms with E-state index in [9.17, 15) is 0 Å². The van der Waals surface area contributed by atoms with E-state index in [4.69, 9.17) is 27.9 Å². The highest BCUT2D eigenvalue weighted by atomic mass is 35.5. The third-order valence-corrected chi connectivity index (χ3v) is 3.41. The van der Waals surface area contributed by atoms with Crippen molar-refractivity contribution in [1.29, 1.82) is 0 Å². The van der Waals surface area contributed by atoms with Gasteiger partial charge in [0.2, 0.25) is 0 Å². The Kier molecular flexibility index (Phi) is 5.57. The zero-order chi connectivity index (χ0) is 13.0. The molecule has 1 aromatic carbocycles. The Labute approximate surface area is 113 Å². The van der Waals surface area contributed by atoms with Gasteiger partial charge in [-0.15, -0.1) is 0 Å². The topological polar surface area (TPSA) is 12.5 Å². The Morgan fingerprint density at radius 3 is 2.35 bits per heavy atom. The van der Waals surface area contributed by atoms with Gasteiger partial charge >= 0.3 is 0 Å². The molecule has 0 aromatic heterocycles. The Bertz CT molecular complexity index is 368. The smallest absolute Gasteiger partial charge is 0.121 e. The fraction of sp³-hybridized carbons (Fsp3) is 0.538. The molecule has 0 amide bonds. The average Bonchev–Trinajstić information content (AvgIpc) is 2.22. The van der Waals surface area contributed by atoms with Crippen LogP contribution >= 0.6 is 23.2 Å². The normalized spacial score (nSPS) is 14.8. The van der Waals surface area contributed by atoms with Crippen LogP contribution in [0.15, 0.2) is 18.2 Å². The first-order valence-electron chi connectivity index (χ1n) is 5.66. The highest BCUT2D eigenvalue weighted by Gasteiger charge is 2.15. The van der Waals surface area contributed by atoms with Gasteiger partial charge in [0.05, 0.1) is 16.1 Å². The van der Waals surface area contributed by atoms with E-state index in [0.29, 0.717) is 16.0 Å². The molecule has 2 nitrogen and oxygen atoms in total. The van der Waals surface area contributed by atoms with E-state index < -0.39 is 0 Å². The maximum absolute atomic E-state index is 5.94. The van der Waals surface area contributed by atoms with Gasteiger partial charge in [0.1, 0.15) is 5.75 Å². The molecule has 17 heavy (non-hydrogen) atoms. The fourth-order valence-electron chi connectivity index (χ4n) is 1.61. The number of benzene rings is 1. The molecule has 0 saturated carbocycles. The molecule has 0 aliphatic heterocycles. The number of ether oxygens (including phenoxy) is 1. The first-order valence-corrected chi connectivity index (χ1v) is 6.42. The van der Waals surface area contributed by atoms with Gasteiger partial charge in [-0.3, -0.25) is 0 Å². The second-order valence-corrected chi connectivity index (χ2v) is 5.45. The van der Waals surface area contributed by atoms with E-state index >= 15 is 0 Å². The van der Waals surface area contributed by atoms with E-state index in [2.05, 4.69) is 32.8 Å². The van der Waals surface area contributed by atoms with Crippen LogP contribution in [0, 0.1) is 5.92 Å². The molecule has 0 spiro atoms. The predicted octanol–water partition coefficient (Wildman–Crippen LogP) is 3.96. The summed E-state index contributed by atoms with van der Waals surface area (Å²) in [5.74, 6) is 1.21. The van der Waals surface area contributed by atoms with E-state index in [1.165, 1.54) is 0 Å². The van der Waals surface area contributed by atoms with Gasteiger partial charge in [0.15, 0.2) is 0 Å². The summed E-state index contributed by atoms with van der Waals surface area (Å²) in [5, 5.41) is 1.07. The van der Waals surface area contributed by atoms with Crippen molar-refractivity contribution in [2.24, 2.45) is 5.92 Å². The molecule has 0 bridgehead atoms. The fourth-order valence-corrected chi connectivity index (χ4v) is 1.89. The van der Waals surface area contributed by atoms with Gasteiger partial charge in [0, 0.05) is 18.5 Å². The van der Waals surface area contributed by atoms with Gasteiger partial charge in [0.25, 0.3) is 0 Å². The minimum absolute atomic E-state index is 0.134. The van der Waals surface area contributed by atoms with Crippen molar-refractivity contribution in [3.05, 3.63) is 28.2 Å². The second kappa shape index (κ2) is 6.48. The van der Waals surface area contributed by atoms with Crippen LogP contribution in [0.3, 0.4) is 0 Å². The van der Waals surface area contributed by atoms with Crippen LogP contribution in [0.25, 0.3) is 0 Å². The van der Waals surface area contributed by atoms with Crippen molar-refractivity contribution in [3.63, 3.8) is 0 Å². The number of hydrogen-bond donors (Lipinski definition) is 0. The molecule has 96 valence electrons. The summed E-state index contributed by atoms with van der Waals surface area (Å²) in [6.07, 6.45) is 0.134. The summed E-state index contributed by atoms with van der Waals surface area (Å²) in [6, 6.07) is 5.35. The first kappa shape index (κ1) is 14.6. The van der Waals surface area contributed by atoms with Gasteiger partial charge in [-0.2, -0.15) is 0 Å². The molecule has 0 fully saturated rings. The van der Waals surface area contributed by atoms with Crippen molar-refractivity contribution >= 4 is 23.2 Å². The second-order valence-electron chi connectivity index (χ2n) is 4.64. The van der Waals surface area contributed by atoms with E-state index in [0.717, 1.165) is 12.3 Å². The lowest BCUT2D eigenvalue weighted by Gasteiger charge is -2.24. The minimum atomic E-state index is 0.134. The molecule has 0 unspecified atom stereocenters. The van der Waals surface area contributed by atoms with Crippen molar-refractivity contribution in [2.45, 2.75) is 20.0 Å². The van der Waals surface area contributed by atoms with Crippen LogP contribution in [0.5, 0.6) is 5.75 Å². The minimum Gasteiger partial charge on any atom is -0.490 e. The summed E-state index contributed by atoms with van der Waals surface area (Å²) >= 11 is 11.8. The van der Waals surface area contributed by atoms with E-state index in [1.807, 2.05) is 6.07 Å². The molecule has 1 rings (SSSR count). The Morgan fingerprint density at radius 1 is 1.18 bits per heavy atom. The number of halogens is 2. The lowest BCUT2D eigenvalue weighted by molar-refractivity contribution is 0.139. The Hall–Kier alpha value is -0.440. The van der Waals surface area contributed by atoms with Gasteiger partial charge in [-0.1, -0.05) is 30.1 Å². The predicted molar refractivity (Wildman–Crippen MR) is 74.3 cm³/mol. The van der Waals surface area contributed by atoms with Gasteiger partial charge < -0.3 is 9.64 Å². The summed E-state index contributed by atoms with van der Waals surface area (Å²) < 4.78 is 5.84. The lowest BCUT2D eigenvalue weighted by Crippen LogP contribution is -2.30. The summed E-state index contributed by atoms with van der Waals surface area (Å²) in [5.41, 5.74) is 0. The van der Waals surface area contributed by atoms with Crippen LogP contribution in [0.4, 0.5) is 0 Å². The Balaban J connectivity index is 2.61. The number of hydrogen-bond acceptors (Lipinski definition) is 2. The van der Waals surface area contributed by atoms with Crippen LogP contribution in [0.1, 0.15) is 13.8 Å². The van der Waals surface area contributed by atoms with Crippen molar-refractivity contribution in [2.75, 3.05) is 20.6 Å². The lowest BCUT2D eigenvalue weighted by atomic mass is 10.1. The highest BCUT2D eigenvalue weighted by Crippen LogP contribution is 2.27. The molecule has 0 heterocycles.